The molecule has 0 bridgehead atoms. The zero-order valence-corrected chi connectivity index (χ0v) is 11.8. The number of nitrogens with one attached hydrogen (secondary N) is 1. The van der Waals surface area contributed by atoms with Gasteiger partial charge in [0.15, 0.2) is 0 Å². The summed E-state index contributed by atoms with van der Waals surface area (Å²) in [6, 6.07) is -0.179. The monoisotopic (exact) mass is 265 g/mol. The van der Waals surface area contributed by atoms with E-state index in [9.17, 15) is 13.5 Å². The van der Waals surface area contributed by atoms with Crippen molar-refractivity contribution in [3.63, 3.8) is 0 Å². The summed E-state index contributed by atoms with van der Waals surface area (Å²) in [5.41, 5.74) is -0.383. The maximum Gasteiger partial charge on any atom is 0.214 e. The van der Waals surface area contributed by atoms with Crippen molar-refractivity contribution in [2.75, 3.05) is 12.4 Å². The van der Waals surface area contributed by atoms with Gasteiger partial charge in [0.2, 0.25) is 10.0 Å². The van der Waals surface area contributed by atoms with Crippen LogP contribution in [-0.2, 0) is 14.8 Å². The van der Waals surface area contributed by atoms with Crippen molar-refractivity contribution < 1.29 is 18.3 Å². The summed E-state index contributed by atoms with van der Waals surface area (Å²) in [4.78, 5) is 0. The van der Waals surface area contributed by atoms with Gasteiger partial charge >= 0.3 is 0 Å². The van der Waals surface area contributed by atoms with Gasteiger partial charge in [0.1, 0.15) is 0 Å². The predicted octanol–water partition coefficient (Wildman–Crippen LogP) is 0.490. The highest BCUT2D eigenvalue weighted by atomic mass is 32.2. The van der Waals surface area contributed by atoms with E-state index in [0.717, 1.165) is 0 Å². The fourth-order valence-corrected chi connectivity index (χ4v) is 3.04. The number of ether oxygens (including phenoxy) is 1. The van der Waals surface area contributed by atoms with Gasteiger partial charge in [-0.05, 0) is 20.3 Å². The minimum absolute atomic E-state index is 0.0339. The van der Waals surface area contributed by atoms with Crippen LogP contribution in [0.1, 0.15) is 34.1 Å². The molecule has 6 heteroatoms. The maximum atomic E-state index is 11.7. The van der Waals surface area contributed by atoms with Crippen LogP contribution in [-0.4, -0.2) is 44.1 Å². The van der Waals surface area contributed by atoms with Gasteiger partial charge in [-0.1, -0.05) is 13.8 Å². The molecule has 0 amide bonds. The minimum Gasteiger partial charge on any atom is -0.392 e. The molecular weight excluding hydrogens is 242 g/mol. The van der Waals surface area contributed by atoms with Crippen LogP contribution < -0.4 is 4.72 Å². The maximum absolute atomic E-state index is 11.7. The highest BCUT2D eigenvalue weighted by Gasteiger charge is 2.48. The fraction of sp³-hybridized carbons (Fsp3) is 1.00. The molecule has 1 aliphatic rings. The topological polar surface area (TPSA) is 75.6 Å². The minimum atomic E-state index is -3.32. The number of aliphatic hydroxyl groups excluding tert-OH is 1. The first-order valence-corrected chi connectivity index (χ1v) is 7.60. The van der Waals surface area contributed by atoms with Gasteiger partial charge in [0.05, 0.1) is 24.6 Å². The Morgan fingerprint density at radius 3 is 2.47 bits per heavy atom. The van der Waals surface area contributed by atoms with Gasteiger partial charge in [-0.15, -0.1) is 0 Å². The van der Waals surface area contributed by atoms with E-state index < -0.39 is 16.1 Å². The SMILES string of the molecule is CC(C)OCCS(=O)(=O)NC1CC(O)C1(C)C. The Kier molecular flexibility index (Phi) is 4.57. The normalized spacial score (nSPS) is 28.1. The molecule has 17 heavy (non-hydrogen) atoms. The zero-order chi connectivity index (χ0) is 13.3. The molecule has 1 fully saturated rings. The van der Waals surface area contributed by atoms with E-state index >= 15 is 0 Å². The van der Waals surface area contributed by atoms with Crippen molar-refractivity contribution in [2.24, 2.45) is 5.41 Å². The second kappa shape index (κ2) is 5.22. The Hall–Kier alpha value is -0.170. The molecule has 0 saturated heterocycles. The van der Waals surface area contributed by atoms with Crippen LogP contribution in [0.5, 0.6) is 0 Å². The third-order valence-corrected chi connectivity index (χ3v) is 4.69. The Morgan fingerprint density at radius 2 is 2.06 bits per heavy atom. The summed E-state index contributed by atoms with van der Waals surface area (Å²) in [6.07, 6.45) is 0.0892. The molecule has 0 spiro atoms. The average Bonchev–Trinajstić information content (AvgIpc) is 2.16. The highest BCUT2D eigenvalue weighted by molar-refractivity contribution is 7.89. The molecular formula is C11H23NO4S. The average molecular weight is 265 g/mol. The fourth-order valence-electron chi connectivity index (χ4n) is 1.77. The van der Waals surface area contributed by atoms with E-state index in [4.69, 9.17) is 4.74 Å². The lowest BCUT2D eigenvalue weighted by molar-refractivity contribution is -0.0645. The lowest BCUT2D eigenvalue weighted by atomic mass is 9.65. The lowest BCUT2D eigenvalue weighted by Crippen LogP contribution is -2.61. The zero-order valence-electron chi connectivity index (χ0n) is 10.9. The molecule has 0 aliphatic heterocycles. The molecule has 102 valence electrons. The second-order valence-corrected chi connectivity index (χ2v) is 7.36. The van der Waals surface area contributed by atoms with Crippen LogP contribution in [0.25, 0.3) is 0 Å². The van der Waals surface area contributed by atoms with Gasteiger partial charge in [0, 0.05) is 11.5 Å². The van der Waals surface area contributed by atoms with Crippen LogP contribution in [0.3, 0.4) is 0 Å². The number of aliphatic hydroxyl groups is 1. The van der Waals surface area contributed by atoms with Gasteiger partial charge in [0.25, 0.3) is 0 Å². The third kappa shape index (κ3) is 3.91. The number of hydrogen-bond acceptors (Lipinski definition) is 4. The second-order valence-electron chi connectivity index (χ2n) is 5.48. The van der Waals surface area contributed by atoms with Crippen LogP contribution in [0, 0.1) is 5.41 Å². The standard InChI is InChI=1S/C11H23NO4S/c1-8(2)16-5-6-17(14,15)12-9-7-10(13)11(9,3)4/h8-10,12-13H,5-7H2,1-4H3. The molecule has 0 aromatic heterocycles. The summed E-state index contributed by atoms with van der Waals surface area (Å²) < 4.78 is 31.3. The van der Waals surface area contributed by atoms with Crippen LogP contribution in [0.15, 0.2) is 0 Å². The first-order chi connectivity index (χ1) is 7.65. The first kappa shape index (κ1) is 14.9. The van der Waals surface area contributed by atoms with E-state index in [2.05, 4.69) is 4.72 Å². The summed E-state index contributed by atoms with van der Waals surface area (Å²) in [7, 11) is -3.32. The van der Waals surface area contributed by atoms with Crippen molar-refractivity contribution in [3.8, 4) is 0 Å². The quantitative estimate of drug-likeness (QED) is 0.733. The van der Waals surface area contributed by atoms with E-state index in [0.29, 0.717) is 6.42 Å². The molecule has 0 aromatic rings. The van der Waals surface area contributed by atoms with Gasteiger partial charge in [-0.3, -0.25) is 0 Å². The Morgan fingerprint density at radius 1 is 1.47 bits per heavy atom. The molecule has 5 nitrogen and oxygen atoms in total. The van der Waals surface area contributed by atoms with Gasteiger partial charge in [-0.25, -0.2) is 13.1 Å². The van der Waals surface area contributed by atoms with Crippen molar-refractivity contribution in [3.05, 3.63) is 0 Å². The largest absolute Gasteiger partial charge is 0.392 e. The molecule has 1 rings (SSSR count). The van der Waals surface area contributed by atoms with E-state index in [1.807, 2.05) is 27.7 Å². The van der Waals surface area contributed by atoms with E-state index in [1.165, 1.54) is 0 Å². The van der Waals surface area contributed by atoms with Gasteiger partial charge in [-0.2, -0.15) is 0 Å². The Bertz CT molecular complexity index is 350. The first-order valence-electron chi connectivity index (χ1n) is 5.95. The van der Waals surface area contributed by atoms with Crippen molar-refractivity contribution >= 4 is 10.0 Å². The summed E-state index contributed by atoms with van der Waals surface area (Å²) in [5, 5.41) is 9.53. The number of sulfonamides is 1. The van der Waals surface area contributed by atoms with Gasteiger partial charge < -0.3 is 9.84 Å². The molecule has 1 aliphatic carbocycles. The van der Waals surface area contributed by atoms with Crippen LogP contribution in [0.2, 0.25) is 0 Å². The smallest absolute Gasteiger partial charge is 0.214 e. The molecule has 2 atom stereocenters. The van der Waals surface area contributed by atoms with Crippen molar-refractivity contribution in [1.29, 1.82) is 0 Å². The third-order valence-electron chi connectivity index (χ3n) is 3.34. The summed E-state index contributed by atoms with van der Waals surface area (Å²) in [5.74, 6) is -0.0339. The number of rotatable bonds is 6. The molecule has 0 heterocycles. The van der Waals surface area contributed by atoms with E-state index in [-0.39, 0.29) is 29.9 Å². The Balaban J connectivity index is 2.40. The Labute approximate surface area is 104 Å². The molecule has 1 saturated carbocycles. The highest BCUT2D eigenvalue weighted by Crippen LogP contribution is 2.40. The molecule has 0 aromatic carbocycles. The van der Waals surface area contributed by atoms with E-state index in [1.54, 1.807) is 0 Å². The predicted molar refractivity (Wildman–Crippen MR) is 66.2 cm³/mol. The van der Waals surface area contributed by atoms with Crippen LogP contribution in [0.4, 0.5) is 0 Å². The molecule has 2 unspecified atom stereocenters. The van der Waals surface area contributed by atoms with Crippen molar-refractivity contribution in [1.82, 2.24) is 4.72 Å². The van der Waals surface area contributed by atoms with Crippen LogP contribution >= 0.6 is 0 Å². The molecule has 2 N–H and O–H groups in total. The lowest BCUT2D eigenvalue weighted by Gasteiger charge is -2.49. The number of hydrogen-bond donors (Lipinski definition) is 2. The summed E-state index contributed by atoms with van der Waals surface area (Å²) in [6.45, 7) is 7.65. The summed E-state index contributed by atoms with van der Waals surface area (Å²) >= 11 is 0. The van der Waals surface area contributed by atoms with Crippen molar-refractivity contribution in [2.45, 2.75) is 52.4 Å². The molecule has 0 radical (unpaired) electrons.